The van der Waals surface area contributed by atoms with Gasteiger partial charge in [-0.3, -0.25) is 0 Å². The molecule has 0 aliphatic rings. The minimum absolute atomic E-state index is 0.0343. The molecule has 0 bridgehead atoms. The fraction of sp³-hybridized carbons (Fsp3) is 0.500. The van der Waals surface area contributed by atoms with E-state index in [1.165, 1.54) is 0 Å². The third-order valence-corrected chi connectivity index (χ3v) is 1.75. The molecule has 0 aliphatic carbocycles. The standard InChI is InChI=1S/C8H10ClF2N3/c1-2-3-12-7-5(6(10)11)4-13-8(9)14-7/h4,6H,2-3H2,1H3,(H,12,13,14). The van der Waals surface area contributed by atoms with E-state index in [1.54, 1.807) is 0 Å². The Morgan fingerprint density at radius 1 is 1.57 bits per heavy atom. The van der Waals surface area contributed by atoms with Crippen LogP contribution in [0, 0.1) is 0 Å². The maximum atomic E-state index is 12.4. The van der Waals surface area contributed by atoms with Crippen molar-refractivity contribution < 1.29 is 8.78 Å². The van der Waals surface area contributed by atoms with E-state index in [4.69, 9.17) is 11.6 Å². The van der Waals surface area contributed by atoms with E-state index < -0.39 is 6.43 Å². The number of hydrogen-bond donors (Lipinski definition) is 1. The second-order valence-corrected chi connectivity index (χ2v) is 3.01. The van der Waals surface area contributed by atoms with E-state index in [0.717, 1.165) is 12.6 Å². The van der Waals surface area contributed by atoms with Crippen LogP contribution in [0.1, 0.15) is 25.3 Å². The van der Waals surface area contributed by atoms with Crippen molar-refractivity contribution in [2.24, 2.45) is 0 Å². The molecular formula is C8H10ClF2N3. The molecule has 0 spiro atoms. The molecule has 0 saturated heterocycles. The first kappa shape index (κ1) is 11.1. The average Bonchev–Trinajstić information content (AvgIpc) is 2.14. The first-order valence-corrected chi connectivity index (χ1v) is 4.57. The van der Waals surface area contributed by atoms with Gasteiger partial charge >= 0.3 is 0 Å². The second kappa shape index (κ2) is 5.05. The molecular weight excluding hydrogens is 212 g/mol. The monoisotopic (exact) mass is 221 g/mol. The number of rotatable bonds is 4. The van der Waals surface area contributed by atoms with Crippen molar-refractivity contribution in [1.82, 2.24) is 9.97 Å². The zero-order valence-electron chi connectivity index (χ0n) is 7.60. The summed E-state index contributed by atoms with van der Waals surface area (Å²) in [4.78, 5) is 7.20. The van der Waals surface area contributed by atoms with Gasteiger partial charge < -0.3 is 5.32 Å². The summed E-state index contributed by atoms with van der Waals surface area (Å²) in [5, 5.41) is 2.74. The highest BCUT2D eigenvalue weighted by molar-refractivity contribution is 6.28. The van der Waals surface area contributed by atoms with Crippen LogP contribution < -0.4 is 5.32 Å². The molecule has 0 amide bonds. The fourth-order valence-electron chi connectivity index (χ4n) is 0.914. The van der Waals surface area contributed by atoms with Gasteiger partial charge in [-0.2, -0.15) is 0 Å². The summed E-state index contributed by atoms with van der Waals surface area (Å²) >= 11 is 5.49. The highest BCUT2D eigenvalue weighted by Crippen LogP contribution is 2.25. The Labute approximate surface area is 85.5 Å². The van der Waals surface area contributed by atoms with E-state index in [-0.39, 0.29) is 16.7 Å². The van der Waals surface area contributed by atoms with Crippen LogP contribution in [0.15, 0.2) is 6.20 Å². The van der Waals surface area contributed by atoms with Gasteiger partial charge in [0.05, 0.1) is 5.56 Å². The van der Waals surface area contributed by atoms with Crippen LogP contribution in [0.3, 0.4) is 0 Å². The van der Waals surface area contributed by atoms with Gasteiger partial charge in [0.15, 0.2) is 0 Å². The Morgan fingerprint density at radius 3 is 2.86 bits per heavy atom. The largest absolute Gasteiger partial charge is 0.370 e. The smallest absolute Gasteiger partial charge is 0.268 e. The predicted molar refractivity (Wildman–Crippen MR) is 50.8 cm³/mol. The number of alkyl halides is 2. The SMILES string of the molecule is CCCNc1nc(Cl)ncc1C(F)F. The predicted octanol–water partition coefficient (Wildman–Crippen LogP) is 2.89. The first-order valence-electron chi connectivity index (χ1n) is 4.19. The molecule has 1 aromatic heterocycles. The molecule has 0 aromatic carbocycles. The van der Waals surface area contributed by atoms with Crippen molar-refractivity contribution in [2.45, 2.75) is 19.8 Å². The van der Waals surface area contributed by atoms with Crippen molar-refractivity contribution in [3.05, 3.63) is 17.0 Å². The Balaban J connectivity index is 2.91. The van der Waals surface area contributed by atoms with E-state index in [2.05, 4.69) is 15.3 Å². The topological polar surface area (TPSA) is 37.8 Å². The van der Waals surface area contributed by atoms with Crippen LogP contribution in [0.5, 0.6) is 0 Å². The Bertz CT molecular complexity index is 307. The maximum Gasteiger partial charge on any atom is 0.268 e. The van der Waals surface area contributed by atoms with Crippen LogP contribution >= 0.6 is 11.6 Å². The number of hydrogen-bond acceptors (Lipinski definition) is 3. The summed E-state index contributed by atoms with van der Waals surface area (Å²) < 4.78 is 24.8. The molecule has 78 valence electrons. The van der Waals surface area contributed by atoms with E-state index in [0.29, 0.717) is 6.54 Å². The first-order chi connectivity index (χ1) is 6.65. The molecule has 0 radical (unpaired) electrons. The highest BCUT2D eigenvalue weighted by Gasteiger charge is 2.14. The minimum atomic E-state index is -2.59. The van der Waals surface area contributed by atoms with Gasteiger partial charge in [-0.05, 0) is 18.0 Å². The lowest BCUT2D eigenvalue weighted by molar-refractivity contribution is 0.151. The van der Waals surface area contributed by atoms with Gasteiger partial charge in [-0.25, -0.2) is 18.7 Å². The molecule has 0 unspecified atom stereocenters. The second-order valence-electron chi connectivity index (χ2n) is 2.67. The summed E-state index contributed by atoms with van der Waals surface area (Å²) in [6.07, 6.45) is -0.728. The van der Waals surface area contributed by atoms with E-state index in [1.807, 2.05) is 6.92 Å². The third-order valence-electron chi connectivity index (χ3n) is 1.57. The molecule has 6 heteroatoms. The van der Waals surface area contributed by atoms with Gasteiger partial charge in [0.25, 0.3) is 6.43 Å². The van der Waals surface area contributed by atoms with Crippen LogP contribution in [0.4, 0.5) is 14.6 Å². The lowest BCUT2D eigenvalue weighted by Crippen LogP contribution is -2.06. The van der Waals surface area contributed by atoms with Crippen molar-refractivity contribution in [3.63, 3.8) is 0 Å². The number of halogens is 3. The quantitative estimate of drug-likeness (QED) is 0.795. The lowest BCUT2D eigenvalue weighted by atomic mass is 10.3. The zero-order chi connectivity index (χ0) is 10.6. The molecule has 1 rings (SSSR count). The van der Waals surface area contributed by atoms with Gasteiger partial charge in [0.2, 0.25) is 5.28 Å². The van der Waals surface area contributed by atoms with Crippen molar-refractivity contribution >= 4 is 17.4 Å². The maximum absolute atomic E-state index is 12.4. The van der Waals surface area contributed by atoms with Gasteiger partial charge in [0, 0.05) is 12.7 Å². The molecule has 1 N–H and O–H groups in total. The Morgan fingerprint density at radius 2 is 2.29 bits per heavy atom. The van der Waals surface area contributed by atoms with Crippen LogP contribution in [-0.2, 0) is 0 Å². The summed E-state index contributed by atoms with van der Waals surface area (Å²) in [7, 11) is 0. The number of nitrogens with zero attached hydrogens (tertiary/aromatic N) is 2. The van der Waals surface area contributed by atoms with Crippen molar-refractivity contribution in [2.75, 3.05) is 11.9 Å². The number of nitrogens with one attached hydrogen (secondary N) is 1. The molecule has 3 nitrogen and oxygen atoms in total. The molecule has 1 aromatic rings. The molecule has 14 heavy (non-hydrogen) atoms. The van der Waals surface area contributed by atoms with E-state index >= 15 is 0 Å². The summed E-state index contributed by atoms with van der Waals surface area (Å²) in [6.45, 7) is 2.50. The van der Waals surface area contributed by atoms with Crippen LogP contribution in [0.2, 0.25) is 5.28 Å². The number of aromatic nitrogens is 2. The van der Waals surface area contributed by atoms with Crippen LogP contribution in [0.25, 0.3) is 0 Å². The highest BCUT2D eigenvalue weighted by atomic mass is 35.5. The fourth-order valence-corrected chi connectivity index (χ4v) is 1.05. The summed E-state index contributed by atoms with van der Waals surface area (Å²) in [6, 6.07) is 0. The molecule has 0 aliphatic heterocycles. The summed E-state index contributed by atoms with van der Waals surface area (Å²) in [5.74, 6) is 0.113. The van der Waals surface area contributed by atoms with Gasteiger partial charge in [0.1, 0.15) is 5.82 Å². The van der Waals surface area contributed by atoms with Gasteiger partial charge in [-0.1, -0.05) is 6.92 Å². The normalized spacial score (nSPS) is 10.6. The van der Waals surface area contributed by atoms with E-state index in [9.17, 15) is 8.78 Å². The van der Waals surface area contributed by atoms with Gasteiger partial charge in [-0.15, -0.1) is 0 Å². The molecule has 0 saturated carbocycles. The zero-order valence-corrected chi connectivity index (χ0v) is 8.35. The lowest BCUT2D eigenvalue weighted by Gasteiger charge is -2.08. The van der Waals surface area contributed by atoms with Crippen LogP contribution in [-0.4, -0.2) is 16.5 Å². The molecule has 0 atom stereocenters. The number of anilines is 1. The Kier molecular flexibility index (Phi) is 4.00. The summed E-state index contributed by atoms with van der Waals surface area (Å²) in [5.41, 5.74) is -0.220. The minimum Gasteiger partial charge on any atom is -0.370 e. The Hall–Kier alpha value is -0.970. The molecule has 1 heterocycles. The average molecular weight is 222 g/mol. The van der Waals surface area contributed by atoms with Crippen molar-refractivity contribution in [3.8, 4) is 0 Å². The van der Waals surface area contributed by atoms with Crippen molar-refractivity contribution in [1.29, 1.82) is 0 Å². The molecule has 0 fully saturated rings. The third kappa shape index (κ3) is 2.77.